The SMILES string of the molecule is O=C(O)CCCN1C(=O)C(=Cc2ccc(-c3cccc(Cl)c3)cc2)SC1=S. The van der Waals surface area contributed by atoms with Crippen molar-refractivity contribution in [1.29, 1.82) is 0 Å². The van der Waals surface area contributed by atoms with Gasteiger partial charge in [0.25, 0.3) is 5.91 Å². The van der Waals surface area contributed by atoms with Gasteiger partial charge in [-0.3, -0.25) is 14.5 Å². The number of amides is 1. The smallest absolute Gasteiger partial charge is 0.303 e. The highest BCUT2D eigenvalue weighted by Gasteiger charge is 2.31. The molecule has 1 heterocycles. The first-order chi connectivity index (χ1) is 12.9. The Morgan fingerprint density at radius 1 is 1.19 bits per heavy atom. The maximum Gasteiger partial charge on any atom is 0.303 e. The van der Waals surface area contributed by atoms with Crippen molar-refractivity contribution in [2.24, 2.45) is 0 Å². The number of aliphatic carboxylic acids is 1. The Morgan fingerprint density at radius 3 is 2.59 bits per heavy atom. The fourth-order valence-electron chi connectivity index (χ4n) is 2.67. The summed E-state index contributed by atoms with van der Waals surface area (Å²) in [6, 6.07) is 15.5. The first-order valence-electron chi connectivity index (χ1n) is 8.27. The van der Waals surface area contributed by atoms with E-state index in [1.54, 1.807) is 6.08 Å². The molecular formula is C20H16ClNO3S2. The number of rotatable bonds is 6. The van der Waals surface area contributed by atoms with Gasteiger partial charge in [0.1, 0.15) is 4.32 Å². The summed E-state index contributed by atoms with van der Waals surface area (Å²) in [5.74, 6) is -1.05. The summed E-state index contributed by atoms with van der Waals surface area (Å²) in [7, 11) is 0. The van der Waals surface area contributed by atoms with Gasteiger partial charge in [0.2, 0.25) is 0 Å². The van der Waals surface area contributed by atoms with E-state index in [2.05, 4.69) is 0 Å². The molecule has 1 aliphatic rings. The quantitative estimate of drug-likeness (QED) is 0.525. The third kappa shape index (κ3) is 4.97. The molecular weight excluding hydrogens is 402 g/mol. The number of carboxylic acids is 1. The summed E-state index contributed by atoms with van der Waals surface area (Å²) < 4.78 is 0.465. The van der Waals surface area contributed by atoms with Crippen LogP contribution >= 0.6 is 35.6 Å². The highest BCUT2D eigenvalue weighted by Crippen LogP contribution is 2.33. The van der Waals surface area contributed by atoms with Crippen LogP contribution in [0.25, 0.3) is 17.2 Å². The van der Waals surface area contributed by atoms with E-state index in [0.29, 0.717) is 27.2 Å². The second kappa shape index (κ2) is 8.69. The Morgan fingerprint density at radius 2 is 1.93 bits per heavy atom. The molecule has 0 aliphatic carbocycles. The van der Waals surface area contributed by atoms with E-state index in [1.807, 2.05) is 48.5 Å². The third-order valence-corrected chi connectivity index (χ3v) is 5.63. The lowest BCUT2D eigenvalue weighted by Gasteiger charge is -2.13. The molecule has 0 radical (unpaired) electrons. The topological polar surface area (TPSA) is 57.6 Å². The largest absolute Gasteiger partial charge is 0.481 e. The van der Waals surface area contributed by atoms with Crippen molar-refractivity contribution in [2.75, 3.05) is 6.54 Å². The van der Waals surface area contributed by atoms with E-state index >= 15 is 0 Å². The molecule has 0 atom stereocenters. The van der Waals surface area contributed by atoms with E-state index in [4.69, 9.17) is 28.9 Å². The van der Waals surface area contributed by atoms with Crippen LogP contribution in [0, 0.1) is 0 Å². The molecule has 138 valence electrons. The molecule has 2 aromatic rings. The summed E-state index contributed by atoms with van der Waals surface area (Å²) >= 11 is 12.5. The van der Waals surface area contributed by atoms with Gasteiger partial charge in [0, 0.05) is 18.0 Å². The van der Waals surface area contributed by atoms with E-state index in [9.17, 15) is 9.59 Å². The molecule has 1 saturated heterocycles. The molecule has 1 aliphatic heterocycles. The number of nitrogens with zero attached hydrogens (tertiary/aromatic N) is 1. The number of carbonyl (C=O) groups excluding carboxylic acids is 1. The molecule has 7 heteroatoms. The summed E-state index contributed by atoms with van der Waals surface area (Å²) in [5.41, 5.74) is 2.96. The lowest BCUT2D eigenvalue weighted by molar-refractivity contribution is -0.137. The maximum atomic E-state index is 12.5. The van der Waals surface area contributed by atoms with Gasteiger partial charge in [-0.05, 0) is 41.3 Å². The van der Waals surface area contributed by atoms with Crippen molar-refractivity contribution >= 4 is 57.9 Å². The number of hydrogen-bond donors (Lipinski definition) is 1. The lowest BCUT2D eigenvalue weighted by atomic mass is 10.0. The van der Waals surface area contributed by atoms with Crippen LogP contribution in [0.3, 0.4) is 0 Å². The molecule has 2 aromatic carbocycles. The molecule has 1 fully saturated rings. The van der Waals surface area contributed by atoms with Crippen LogP contribution in [0.4, 0.5) is 0 Å². The lowest BCUT2D eigenvalue weighted by Crippen LogP contribution is -2.29. The molecule has 27 heavy (non-hydrogen) atoms. The predicted octanol–water partition coefficient (Wildman–Crippen LogP) is 5.07. The van der Waals surface area contributed by atoms with Gasteiger partial charge in [-0.2, -0.15) is 0 Å². The van der Waals surface area contributed by atoms with E-state index in [1.165, 1.54) is 16.7 Å². The predicted molar refractivity (Wildman–Crippen MR) is 114 cm³/mol. The van der Waals surface area contributed by atoms with E-state index < -0.39 is 5.97 Å². The van der Waals surface area contributed by atoms with Gasteiger partial charge >= 0.3 is 5.97 Å². The number of carboxylic acid groups (broad SMARTS) is 1. The average Bonchev–Trinajstić information content (AvgIpc) is 2.89. The molecule has 4 nitrogen and oxygen atoms in total. The Hall–Kier alpha value is -2.15. The molecule has 3 rings (SSSR count). The second-order valence-corrected chi connectivity index (χ2v) is 8.08. The Balaban J connectivity index is 1.72. The normalized spacial score (nSPS) is 15.6. The van der Waals surface area contributed by atoms with Gasteiger partial charge in [0.15, 0.2) is 0 Å². The van der Waals surface area contributed by atoms with Crippen LogP contribution in [0.5, 0.6) is 0 Å². The summed E-state index contributed by atoms with van der Waals surface area (Å²) in [5, 5.41) is 9.41. The Kier molecular flexibility index (Phi) is 6.31. The Bertz CT molecular complexity index is 925. The van der Waals surface area contributed by atoms with Gasteiger partial charge in [-0.15, -0.1) is 0 Å². The monoisotopic (exact) mass is 417 g/mol. The van der Waals surface area contributed by atoms with Crippen LogP contribution in [-0.4, -0.2) is 32.7 Å². The fraction of sp³-hybridized carbons (Fsp3) is 0.150. The number of benzene rings is 2. The molecule has 0 unspecified atom stereocenters. The van der Waals surface area contributed by atoms with Crippen LogP contribution < -0.4 is 0 Å². The van der Waals surface area contributed by atoms with Crippen molar-refractivity contribution < 1.29 is 14.7 Å². The Labute approximate surface area is 171 Å². The number of halogens is 1. The molecule has 0 aromatic heterocycles. The van der Waals surface area contributed by atoms with Gasteiger partial charge in [-0.1, -0.05) is 72.0 Å². The minimum absolute atomic E-state index is 0.0150. The molecule has 0 saturated carbocycles. The second-order valence-electron chi connectivity index (χ2n) is 5.96. The van der Waals surface area contributed by atoms with Crippen LogP contribution in [0.15, 0.2) is 53.4 Å². The van der Waals surface area contributed by atoms with E-state index in [-0.39, 0.29) is 12.3 Å². The number of thioether (sulfide) groups is 1. The zero-order valence-corrected chi connectivity index (χ0v) is 16.6. The van der Waals surface area contributed by atoms with Crippen LogP contribution in [0.2, 0.25) is 5.02 Å². The summed E-state index contributed by atoms with van der Waals surface area (Å²) in [6.45, 7) is 0.321. The maximum absolute atomic E-state index is 12.5. The first kappa shape index (κ1) is 19.6. The van der Waals surface area contributed by atoms with Crippen molar-refractivity contribution in [3.05, 3.63) is 64.0 Å². The van der Waals surface area contributed by atoms with Gasteiger partial charge in [-0.25, -0.2) is 0 Å². The minimum Gasteiger partial charge on any atom is -0.481 e. The van der Waals surface area contributed by atoms with Crippen LogP contribution in [-0.2, 0) is 9.59 Å². The fourth-order valence-corrected chi connectivity index (χ4v) is 4.17. The molecule has 0 bridgehead atoms. The minimum atomic E-state index is -0.879. The molecule has 1 amide bonds. The standard InChI is InChI=1S/C20H16ClNO3S2/c21-16-4-1-3-15(12-16)14-8-6-13(7-9-14)11-17-19(25)22(20(26)27-17)10-2-5-18(23)24/h1,3-4,6-9,11-12H,2,5,10H2,(H,23,24). The summed E-state index contributed by atoms with van der Waals surface area (Å²) in [4.78, 5) is 25.2. The summed E-state index contributed by atoms with van der Waals surface area (Å²) in [6.07, 6.45) is 2.20. The number of carbonyl (C=O) groups is 2. The third-order valence-electron chi connectivity index (χ3n) is 4.01. The van der Waals surface area contributed by atoms with E-state index in [0.717, 1.165) is 16.7 Å². The van der Waals surface area contributed by atoms with Crippen molar-refractivity contribution in [3.63, 3.8) is 0 Å². The van der Waals surface area contributed by atoms with Gasteiger partial charge in [0.05, 0.1) is 4.91 Å². The average molecular weight is 418 g/mol. The molecule has 0 spiro atoms. The van der Waals surface area contributed by atoms with Crippen molar-refractivity contribution in [1.82, 2.24) is 4.90 Å². The highest BCUT2D eigenvalue weighted by atomic mass is 35.5. The van der Waals surface area contributed by atoms with Crippen molar-refractivity contribution in [3.8, 4) is 11.1 Å². The van der Waals surface area contributed by atoms with Gasteiger partial charge < -0.3 is 5.11 Å². The zero-order chi connectivity index (χ0) is 19.4. The van der Waals surface area contributed by atoms with Crippen molar-refractivity contribution in [2.45, 2.75) is 12.8 Å². The first-order valence-corrected chi connectivity index (χ1v) is 9.87. The van der Waals surface area contributed by atoms with Crippen LogP contribution in [0.1, 0.15) is 18.4 Å². The number of hydrogen-bond acceptors (Lipinski definition) is 4. The number of thiocarbonyl (C=S) groups is 1. The highest BCUT2D eigenvalue weighted by molar-refractivity contribution is 8.26. The zero-order valence-electron chi connectivity index (χ0n) is 14.2. The molecule has 1 N–H and O–H groups in total.